The zero-order chi connectivity index (χ0) is 21.7. The second-order valence-electron chi connectivity index (χ2n) is 9.13. The number of hydrogen-bond acceptors (Lipinski definition) is 3. The van der Waals surface area contributed by atoms with E-state index in [1.165, 1.54) is 24.0 Å². The van der Waals surface area contributed by atoms with Gasteiger partial charge in [0.05, 0.1) is 6.04 Å². The fourth-order valence-corrected chi connectivity index (χ4v) is 3.95. The van der Waals surface area contributed by atoms with Gasteiger partial charge in [-0.05, 0) is 73.2 Å². The van der Waals surface area contributed by atoms with Gasteiger partial charge in [0, 0.05) is 11.6 Å². The van der Waals surface area contributed by atoms with Gasteiger partial charge in [0.1, 0.15) is 5.75 Å². The number of ether oxygens (including phenoxy) is 1. The van der Waals surface area contributed by atoms with Crippen molar-refractivity contribution in [3.05, 3.63) is 64.2 Å². The summed E-state index contributed by atoms with van der Waals surface area (Å²) in [5.74, 6) is 0.541. The van der Waals surface area contributed by atoms with E-state index >= 15 is 0 Å². The van der Waals surface area contributed by atoms with Crippen LogP contribution >= 0.6 is 24.0 Å². The first kappa shape index (κ1) is 25.5. The van der Waals surface area contributed by atoms with Crippen molar-refractivity contribution in [3.8, 4) is 5.75 Å². The Bertz CT molecular complexity index is 857. The van der Waals surface area contributed by atoms with Crippen molar-refractivity contribution in [2.75, 3.05) is 26.2 Å². The number of likely N-dealkylation sites (tertiary alicyclic amines) is 1. The maximum Gasteiger partial charge on any atom is 0.258 e. The highest BCUT2D eigenvalue weighted by atomic mass is 35.5. The molecule has 1 saturated heterocycles. The van der Waals surface area contributed by atoms with Crippen LogP contribution in [0.5, 0.6) is 5.75 Å². The number of nitrogens with zero attached hydrogens (tertiary/aromatic N) is 1. The second-order valence-corrected chi connectivity index (χ2v) is 9.54. The number of carbonyl (C=O) groups is 1. The van der Waals surface area contributed by atoms with Crippen molar-refractivity contribution in [1.29, 1.82) is 0 Å². The minimum Gasteiger partial charge on any atom is -0.484 e. The summed E-state index contributed by atoms with van der Waals surface area (Å²) >= 11 is 6.04. The van der Waals surface area contributed by atoms with Crippen LogP contribution in [0, 0.1) is 6.92 Å². The third-order valence-electron chi connectivity index (χ3n) is 5.73. The monoisotopic (exact) mass is 464 g/mol. The molecule has 1 aliphatic rings. The molecular formula is C25H34Cl2N2O2. The first-order chi connectivity index (χ1) is 14.2. The van der Waals surface area contributed by atoms with Crippen molar-refractivity contribution in [2.45, 2.75) is 52.0 Å². The molecule has 0 radical (unpaired) electrons. The lowest BCUT2D eigenvalue weighted by Gasteiger charge is -2.29. The van der Waals surface area contributed by atoms with E-state index in [-0.39, 0.29) is 36.4 Å². The molecule has 170 valence electrons. The predicted octanol–water partition coefficient (Wildman–Crippen LogP) is 5.70. The molecular weight excluding hydrogens is 431 g/mol. The van der Waals surface area contributed by atoms with Gasteiger partial charge >= 0.3 is 0 Å². The molecule has 6 heteroatoms. The molecule has 1 amide bonds. The fraction of sp³-hybridized carbons (Fsp3) is 0.480. The number of amides is 1. The highest BCUT2D eigenvalue weighted by Gasteiger charge is 2.24. The molecule has 0 spiro atoms. The highest BCUT2D eigenvalue weighted by molar-refractivity contribution is 6.31. The van der Waals surface area contributed by atoms with Gasteiger partial charge in [-0.2, -0.15) is 0 Å². The van der Waals surface area contributed by atoms with Gasteiger partial charge in [-0.1, -0.05) is 56.6 Å². The van der Waals surface area contributed by atoms with Gasteiger partial charge in [-0.3, -0.25) is 9.69 Å². The zero-order valence-electron chi connectivity index (χ0n) is 18.9. The van der Waals surface area contributed by atoms with Crippen molar-refractivity contribution in [3.63, 3.8) is 0 Å². The number of rotatable bonds is 7. The van der Waals surface area contributed by atoms with Crippen LogP contribution in [0.15, 0.2) is 42.5 Å². The van der Waals surface area contributed by atoms with Crippen LogP contribution in [0.25, 0.3) is 0 Å². The highest BCUT2D eigenvalue weighted by Crippen LogP contribution is 2.28. The van der Waals surface area contributed by atoms with E-state index in [1.807, 2.05) is 13.0 Å². The van der Waals surface area contributed by atoms with Crippen molar-refractivity contribution < 1.29 is 9.53 Å². The Morgan fingerprint density at radius 3 is 2.35 bits per heavy atom. The molecule has 1 heterocycles. The molecule has 1 atom stereocenters. The average Bonchev–Trinajstić information content (AvgIpc) is 3.23. The van der Waals surface area contributed by atoms with Gasteiger partial charge in [0.25, 0.3) is 5.91 Å². The maximum atomic E-state index is 12.4. The Hall–Kier alpha value is -1.75. The number of carbonyl (C=O) groups excluding carboxylic acids is 1. The van der Waals surface area contributed by atoms with Crippen LogP contribution in [0.2, 0.25) is 5.02 Å². The van der Waals surface area contributed by atoms with Gasteiger partial charge < -0.3 is 10.1 Å². The number of nitrogens with one attached hydrogen (secondary N) is 1. The molecule has 4 nitrogen and oxygen atoms in total. The Morgan fingerprint density at radius 2 is 1.77 bits per heavy atom. The summed E-state index contributed by atoms with van der Waals surface area (Å²) in [7, 11) is 0. The minimum absolute atomic E-state index is 0. The van der Waals surface area contributed by atoms with E-state index < -0.39 is 0 Å². The lowest BCUT2D eigenvalue weighted by molar-refractivity contribution is -0.123. The summed E-state index contributed by atoms with van der Waals surface area (Å²) in [5, 5.41) is 3.76. The molecule has 1 fully saturated rings. The Kier molecular flexibility index (Phi) is 9.23. The maximum absolute atomic E-state index is 12.4. The Balaban J connectivity index is 0.00000341. The molecule has 0 bridgehead atoms. The number of halogens is 2. The summed E-state index contributed by atoms with van der Waals surface area (Å²) in [6.45, 7) is 11.3. The molecule has 0 aliphatic carbocycles. The summed E-state index contributed by atoms with van der Waals surface area (Å²) in [5.41, 5.74) is 3.64. The van der Waals surface area contributed by atoms with Crippen molar-refractivity contribution >= 4 is 29.9 Å². The first-order valence-electron chi connectivity index (χ1n) is 10.7. The third kappa shape index (κ3) is 7.13. The normalized spacial score (nSPS) is 15.3. The van der Waals surface area contributed by atoms with Crippen LogP contribution in [0.3, 0.4) is 0 Å². The molecule has 3 rings (SSSR count). The summed E-state index contributed by atoms with van der Waals surface area (Å²) in [6.07, 6.45) is 2.42. The SMILES string of the molecule is Cc1cc(OCC(=O)NCC(c2ccc(C(C)(C)C)cc2)N2CCCC2)ccc1Cl.Cl. The van der Waals surface area contributed by atoms with Crippen LogP contribution < -0.4 is 10.1 Å². The van der Waals surface area contributed by atoms with E-state index in [0.717, 1.165) is 18.7 Å². The molecule has 1 N–H and O–H groups in total. The third-order valence-corrected chi connectivity index (χ3v) is 6.16. The quantitative estimate of drug-likeness (QED) is 0.571. The molecule has 31 heavy (non-hydrogen) atoms. The number of aryl methyl sites for hydroxylation is 1. The van der Waals surface area contributed by atoms with E-state index in [9.17, 15) is 4.79 Å². The van der Waals surface area contributed by atoms with Gasteiger partial charge in [-0.15, -0.1) is 12.4 Å². The van der Waals surface area contributed by atoms with Gasteiger partial charge in [0.2, 0.25) is 0 Å². The summed E-state index contributed by atoms with van der Waals surface area (Å²) in [4.78, 5) is 14.9. The zero-order valence-corrected chi connectivity index (χ0v) is 20.5. The van der Waals surface area contributed by atoms with Crippen LogP contribution in [0.1, 0.15) is 56.3 Å². The van der Waals surface area contributed by atoms with Crippen LogP contribution in [-0.4, -0.2) is 37.0 Å². The first-order valence-corrected chi connectivity index (χ1v) is 11.1. The van der Waals surface area contributed by atoms with Crippen LogP contribution in [0.4, 0.5) is 0 Å². The fourth-order valence-electron chi connectivity index (χ4n) is 3.83. The van der Waals surface area contributed by atoms with E-state index in [1.54, 1.807) is 12.1 Å². The molecule has 1 unspecified atom stereocenters. The van der Waals surface area contributed by atoms with Crippen molar-refractivity contribution in [2.24, 2.45) is 0 Å². The lowest BCUT2D eigenvalue weighted by Crippen LogP contribution is -2.38. The number of hydrogen-bond donors (Lipinski definition) is 1. The van der Waals surface area contributed by atoms with Crippen molar-refractivity contribution in [1.82, 2.24) is 10.2 Å². The van der Waals surface area contributed by atoms with Gasteiger partial charge in [0.15, 0.2) is 6.61 Å². The van der Waals surface area contributed by atoms with E-state index in [4.69, 9.17) is 16.3 Å². The van der Waals surface area contributed by atoms with Crippen LogP contribution in [-0.2, 0) is 10.2 Å². The molecule has 2 aromatic rings. The topological polar surface area (TPSA) is 41.6 Å². The second kappa shape index (κ2) is 11.2. The smallest absolute Gasteiger partial charge is 0.258 e. The minimum atomic E-state index is -0.113. The molecule has 0 aromatic heterocycles. The number of benzene rings is 2. The molecule has 2 aromatic carbocycles. The Morgan fingerprint density at radius 1 is 1.13 bits per heavy atom. The van der Waals surface area contributed by atoms with Gasteiger partial charge in [-0.25, -0.2) is 0 Å². The van der Waals surface area contributed by atoms with E-state index in [2.05, 4.69) is 55.3 Å². The lowest BCUT2D eigenvalue weighted by atomic mass is 9.86. The molecule has 1 aliphatic heterocycles. The largest absolute Gasteiger partial charge is 0.484 e. The average molecular weight is 465 g/mol. The predicted molar refractivity (Wildman–Crippen MR) is 131 cm³/mol. The summed E-state index contributed by atoms with van der Waals surface area (Å²) in [6, 6.07) is 14.5. The Labute approximate surface area is 197 Å². The standard InChI is InChI=1S/C25H33ClN2O2.ClH/c1-18-15-21(11-12-22(18)26)30-17-24(29)27-16-23(28-13-5-6-14-28)19-7-9-20(10-8-19)25(2,3)4;/h7-12,15,23H,5-6,13-14,16-17H2,1-4H3,(H,27,29);1H. The van der Waals surface area contributed by atoms with E-state index in [0.29, 0.717) is 17.3 Å². The molecule has 0 saturated carbocycles. The summed E-state index contributed by atoms with van der Waals surface area (Å²) < 4.78 is 5.64.